The molecule has 0 unspecified atom stereocenters. The minimum Gasteiger partial charge on any atom is -0.376 e. The SMILES string of the molecule is Cc1ccc(CN2C(=O)CSc3ccc(NC(=O)NC[C@H]4CCCO4)cc32)cc1. The molecule has 6 nitrogen and oxygen atoms in total. The summed E-state index contributed by atoms with van der Waals surface area (Å²) in [5.74, 6) is 0.496. The summed E-state index contributed by atoms with van der Waals surface area (Å²) in [5.41, 5.74) is 3.77. The Kier molecular flexibility index (Phi) is 6.06. The summed E-state index contributed by atoms with van der Waals surface area (Å²) in [4.78, 5) is 27.7. The number of carbonyl (C=O) groups is 2. The van der Waals surface area contributed by atoms with Gasteiger partial charge < -0.3 is 20.3 Å². The van der Waals surface area contributed by atoms with Crippen molar-refractivity contribution in [3.8, 4) is 0 Å². The van der Waals surface area contributed by atoms with Crippen LogP contribution in [0.15, 0.2) is 47.4 Å². The van der Waals surface area contributed by atoms with Crippen LogP contribution in [0.2, 0.25) is 0 Å². The van der Waals surface area contributed by atoms with Crippen molar-refractivity contribution in [2.24, 2.45) is 0 Å². The maximum Gasteiger partial charge on any atom is 0.319 e. The zero-order valence-electron chi connectivity index (χ0n) is 16.4. The Morgan fingerprint density at radius 1 is 1.24 bits per heavy atom. The van der Waals surface area contributed by atoms with Crippen molar-refractivity contribution in [3.63, 3.8) is 0 Å². The molecule has 4 rings (SSSR count). The molecule has 1 saturated heterocycles. The van der Waals surface area contributed by atoms with E-state index in [2.05, 4.69) is 22.8 Å². The molecule has 2 aliphatic rings. The summed E-state index contributed by atoms with van der Waals surface area (Å²) in [5, 5.41) is 5.73. The highest BCUT2D eigenvalue weighted by atomic mass is 32.2. The van der Waals surface area contributed by atoms with Crippen LogP contribution < -0.4 is 15.5 Å². The number of urea groups is 1. The van der Waals surface area contributed by atoms with Gasteiger partial charge in [-0.25, -0.2) is 4.79 Å². The lowest BCUT2D eigenvalue weighted by molar-refractivity contribution is -0.116. The molecular formula is C22H25N3O3S. The molecule has 0 bridgehead atoms. The van der Waals surface area contributed by atoms with Gasteiger partial charge in [-0.3, -0.25) is 4.79 Å². The molecule has 2 aliphatic heterocycles. The molecule has 0 aromatic heterocycles. The normalized spacial score (nSPS) is 18.4. The molecule has 0 radical (unpaired) electrons. The second kappa shape index (κ2) is 8.88. The molecule has 2 heterocycles. The van der Waals surface area contributed by atoms with E-state index in [1.165, 1.54) is 17.3 Å². The van der Waals surface area contributed by atoms with Crippen LogP contribution in [0.4, 0.5) is 16.2 Å². The lowest BCUT2D eigenvalue weighted by Gasteiger charge is -2.29. The zero-order chi connectivity index (χ0) is 20.2. The average Bonchev–Trinajstić information content (AvgIpc) is 3.24. The van der Waals surface area contributed by atoms with Crippen molar-refractivity contribution < 1.29 is 14.3 Å². The Balaban J connectivity index is 1.46. The highest BCUT2D eigenvalue weighted by Crippen LogP contribution is 2.38. The summed E-state index contributed by atoms with van der Waals surface area (Å²) in [6, 6.07) is 13.6. The number of amides is 3. The predicted molar refractivity (Wildman–Crippen MR) is 116 cm³/mol. The number of carbonyl (C=O) groups excluding carboxylic acids is 2. The molecule has 1 fully saturated rings. The number of benzene rings is 2. The number of hydrogen-bond acceptors (Lipinski definition) is 4. The molecule has 2 aromatic carbocycles. The monoisotopic (exact) mass is 411 g/mol. The first-order chi connectivity index (χ1) is 14.1. The Labute approximate surface area is 175 Å². The van der Waals surface area contributed by atoms with Crippen LogP contribution >= 0.6 is 11.8 Å². The average molecular weight is 412 g/mol. The van der Waals surface area contributed by atoms with Crippen LogP contribution in [-0.4, -0.2) is 36.9 Å². The van der Waals surface area contributed by atoms with Gasteiger partial charge in [-0.1, -0.05) is 29.8 Å². The number of nitrogens with zero attached hydrogens (tertiary/aromatic N) is 1. The summed E-state index contributed by atoms with van der Waals surface area (Å²) in [7, 11) is 0. The van der Waals surface area contributed by atoms with Crippen molar-refractivity contribution in [3.05, 3.63) is 53.6 Å². The van der Waals surface area contributed by atoms with E-state index < -0.39 is 0 Å². The van der Waals surface area contributed by atoms with E-state index in [1.807, 2.05) is 37.3 Å². The third-order valence-corrected chi connectivity index (χ3v) is 6.18. The number of thioether (sulfide) groups is 1. The van der Waals surface area contributed by atoms with Gasteiger partial charge in [0, 0.05) is 23.7 Å². The van der Waals surface area contributed by atoms with Crippen LogP contribution in [0.5, 0.6) is 0 Å². The minimum absolute atomic E-state index is 0.0723. The third kappa shape index (κ3) is 4.92. The number of hydrogen-bond donors (Lipinski definition) is 2. The Hall–Kier alpha value is -2.51. The Morgan fingerprint density at radius 3 is 2.83 bits per heavy atom. The van der Waals surface area contributed by atoms with Crippen molar-refractivity contribution in [2.45, 2.75) is 37.3 Å². The lowest BCUT2D eigenvalue weighted by atomic mass is 10.1. The van der Waals surface area contributed by atoms with Gasteiger partial charge in [-0.05, 0) is 43.5 Å². The first-order valence-corrected chi connectivity index (χ1v) is 10.9. The number of fused-ring (bicyclic) bond motifs is 1. The Morgan fingerprint density at radius 2 is 2.07 bits per heavy atom. The van der Waals surface area contributed by atoms with Crippen molar-refractivity contribution >= 4 is 35.1 Å². The van der Waals surface area contributed by atoms with Crippen LogP contribution in [0.1, 0.15) is 24.0 Å². The smallest absolute Gasteiger partial charge is 0.319 e. The second-order valence-corrected chi connectivity index (χ2v) is 8.42. The van der Waals surface area contributed by atoms with E-state index in [1.54, 1.807) is 4.90 Å². The number of anilines is 2. The molecule has 1 atom stereocenters. The van der Waals surface area contributed by atoms with Gasteiger partial charge in [0.25, 0.3) is 0 Å². The molecule has 3 amide bonds. The fourth-order valence-electron chi connectivity index (χ4n) is 3.52. The largest absolute Gasteiger partial charge is 0.376 e. The fourth-order valence-corrected chi connectivity index (χ4v) is 4.43. The molecule has 2 aromatic rings. The molecule has 0 spiro atoms. The maximum atomic E-state index is 12.6. The number of aryl methyl sites for hydroxylation is 1. The van der Waals surface area contributed by atoms with E-state index >= 15 is 0 Å². The number of ether oxygens (including phenoxy) is 1. The van der Waals surface area contributed by atoms with Crippen LogP contribution in [0.3, 0.4) is 0 Å². The molecule has 29 heavy (non-hydrogen) atoms. The quantitative estimate of drug-likeness (QED) is 0.782. The molecule has 152 valence electrons. The van der Waals surface area contributed by atoms with E-state index in [-0.39, 0.29) is 18.0 Å². The van der Waals surface area contributed by atoms with Gasteiger partial charge in [-0.2, -0.15) is 0 Å². The molecular weight excluding hydrogens is 386 g/mol. The molecule has 2 N–H and O–H groups in total. The molecule has 0 saturated carbocycles. The van der Waals surface area contributed by atoms with Gasteiger partial charge in [0.05, 0.1) is 24.1 Å². The van der Waals surface area contributed by atoms with Crippen LogP contribution in [0.25, 0.3) is 0 Å². The van der Waals surface area contributed by atoms with Gasteiger partial charge in [0.2, 0.25) is 5.91 Å². The number of nitrogens with one attached hydrogen (secondary N) is 2. The van der Waals surface area contributed by atoms with Gasteiger partial charge >= 0.3 is 6.03 Å². The molecule has 7 heteroatoms. The highest BCUT2D eigenvalue weighted by molar-refractivity contribution is 8.00. The Bertz CT molecular complexity index is 895. The van der Waals surface area contributed by atoms with Crippen LogP contribution in [0, 0.1) is 6.92 Å². The van der Waals surface area contributed by atoms with Crippen LogP contribution in [-0.2, 0) is 16.1 Å². The zero-order valence-corrected chi connectivity index (χ0v) is 17.3. The summed E-state index contributed by atoms with van der Waals surface area (Å²) in [6.45, 7) is 3.83. The van der Waals surface area contributed by atoms with E-state index in [0.717, 1.165) is 35.6 Å². The summed E-state index contributed by atoms with van der Waals surface area (Å²) >= 11 is 1.53. The third-order valence-electron chi connectivity index (χ3n) is 5.14. The van der Waals surface area contributed by atoms with Crippen molar-refractivity contribution in [1.82, 2.24) is 5.32 Å². The maximum absolute atomic E-state index is 12.6. The fraction of sp³-hybridized carbons (Fsp3) is 0.364. The van der Waals surface area contributed by atoms with Gasteiger partial charge in [0.15, 0.2) is 0 Å². The standard InChI is InChI=1S/C22H25N3O3S/c1-15-4-6-16(7-5-15)13-25-19-11-17(8-9-20(19)29-14-21(25)26)24-22(27)23-12-18-3-2-10-28-18/h4-9,11,18H,2-3,10,12-14H2,1H3,(H2,23,24,27)/t18-/m1/s1. The van der Waals surface area contributed by atoms with Crippen molar-refractivity contribution in [1.29, 1.82) is 0 Å². The topological polar surface area (TPSA) is 70.7 Å². The number of rotatable bonds is 5. The molecule has 0 aliphatic carbocycles. The van der Waals surface area contributed by atoms with E-state index in [0.29, 0.717) is 24.5 Å². The first kappa shape index (κ1) is 19.8. The van der Waals surface area contributed by atoms with Gasteiger partial charge in [-0.15, -0.1) is 11.8 Å². The lowest BCUT2D eigenvalue weighted by Crippen LogP contribution is -2.36. The predicted octanol–water partition coefficient (Wildman–Crippen LogP) is 3.93. The highest BCUT2D eigenvalue weighted by Gasteiger charge is 2.25. The van der Waals surface area contributed by atoms with E-state index in [4.69, 9.17) is 4.74 Å². The van der Waals surface area contributed by atoms with Crippen molar-refractivity contribution in [2.75, 3.05) is 29.1 Å². The summed E-state index contributed by atoms with van der Waals surface area (Å²) in [6.07, 6.45) is 2.12. The minimum atomic E-state index is -0.264. The van der Waals surface area contributed by atoms with Gasteiger partial charge in [0.1, 0.15) is 0 Å². The second-order valence-electron chi connectivity index (χ2n) is 7.41. The summed E-state index contributed by atoms with van der Waals surface area (Å²) < 4.78 is 5.53. The van der Waals surface area contributed by atoms with E-state index in [9.17, 15) is 9.59 Å². The first-order valence-electron chi connectivity index (χ1n) is 9.88.